The van der Waals surface area contributed by atoms with Crippen LogP contribution in [-0.2, 0) is 11.3 Å². The van der Waals surface area contributed by atoms with Gasteiger partial charge in [0, 0.05) is 30.1 Å². The molecule has 200 valence electrons. The van der Waals surface area contributed by atoms with Crippen molar-refractivity contribution in [1.29, 1.82) is 0 Å². The molecule has 2 aliphatic heterocycles. The van der Waals surface area contributed by atoms with Crippen molar-refractivity contribution < 1.29 is 9.59 Å². The van der Waals surface area contributed by atoms with Gasteiger partial charge in [0.15, 0.2) is 0 Å². The first kappa shape index (κ1) is 26.6. The van der Waals surface area contributed by atoms with Crippen LogP contribution in [0.5, 0.6) is 0 Å². The van der Waals surface area contributed by atoms with Gasteiger partial charge in [-0.25, -0.2) is 0 Å². The Morgan fingerprint density at radius 3 is 2.55 bits per heavy atom. The lowest BCUT2D eigenvalue weighted by Crippen LogP contribution is -2.49. The van der Waals surface area contributed by atoms with Gasteiger partial charge in [-0.05, 0) is 73.3 Å². The summed E-state index contributed by atoms with van der Waals surface area (Å²) in [6.45, 7) is 10.8. The van der Waals surface area contributed by atoms with Gasteiger partial charge in [-0.1, -0.05) is 67.9 Å². The average molecular weight is 530 g/mol. The summed E-state index contributed by atoms with van der Waals surface area (Å²) in [5.74, 6) is 0.417. The topological polar surface area (TPSA) is 52.7 Å². The summed E-state index contributed by atoms with van der Waals surface area (Å²) in [7, 11) is 0. The predicted molar refractivity (Wildman–Crippen MR) is 154 cm³/mol. The molecule has 3 heterocycles. The Hall–Kier alpha value is -2.96. The number of fused-ring (bicyclic) bond motifs is 1. The van der Waals surface area contributed by atoms with Crippen molar-refractivity contribution >= 4 is 23.2 Å². The molecule has 0 aliphatic carbocycles. The molecule has 0 unspecified atom stereocenters. The van der Waals surface area contributed by atoms with Crippen LogP contribution in [0.2, 0.25) is 0 Å². The van der Waals surface area contributed by atoms with Gasteiger partial charge in [-0.15, -0.1) is 11.3 Å². The van der Waals surface area contributed by atoms with Crippen LogP contribution in [0.15, 0.2) is 66.0 Å². The highest BCUT2D eigenvalue weighted by molar-refractivity contribution is 7.10. The molecule has 1 saturated heterocycles. The Morgan fingerprint density at radius 2 is 1.84 bits per heavy atom. The van der Waals surface area contributed by atoms with Crippen molar-refractivity contribution in [3.05, 3.63) is 93.2 Å². The van der Waals surface area contributed by atoms with Crippen molar-refractivity contribution in [2.45, 2.75) is 52.1 Å². The average Bonchev–Trinajstić information content (AvgIpc) is 3.44. The van der Waals surface area contributed by atoms with Crippen LogP contribution in [0.25, 0.3) is 0 Å². The number of thiophene rings is 1. The molecule has 5 rings (SSSR count). The van der Waals surface area contributed by atoms with Crippen molar-refractivity contribution in [2.75, 3.05) is 26.2 Å². The summed E-state index contributed by atoms with van der Waals surface area (Å²) >= 11 is 1.63. The minimum atomic E-state index is -0.414. The van der Waals surface area contributed by atoms with E-state index in [-0.39, 0.29) is 17.9 Å². The van der Waals surface area contributed by atoms with Gasteiger partial charge in [0.05, 0.1) is 12.0 Å². The van der Waals surface area contributed by atoms with Gasteiger partial charge in [0.2, 0.25) is 5.91 Å². The third kappa shape index (κ3) is 5.87. The first-order valence-electron chi connectivity index (χ1n) is 13.9. The molecule has 2 aromatic carbocycles. The van der Waals surface area contributed by atoms with E-state index in [0.717, 1.165) is 42.9 Å². The Balaban J connectivity index is 1.28. The maximum Gasteiger partial charge on any atom is 0.254 e. The Bertz CT molecular complexity index is 1250. The molecule has 0 saturated carbocycles. The number of carbonyl (C=O) groups is 2. The van der Waals surface area contributed by atoms with Gasteiger partial charge < -0.3 is 10.2 Å². The lowest BCUT2D eigenvalue weighted by Gasteiger charge is -2.42. The quantitative estimate of drug-likeness (QED) is 0.388. The number of hydrogen-bond donors (Lipinski definition) is 1. The molecule has 1 aromatic heterocycles. The summed E-state index contributed by atoms with van der Waals surface area (Å²) in [4.78, 5) is 33.1. The second-order valence-corrected chi connectivity index (χ2v) is 12.3. The molecule has 1 fully saturated rings. The monoisotopic (exact) mass is 529 g/mol. The van der Waals surface area contributed by atoms with Crippen LogP contribution < -0.4 is 5.32 Å². The van der Waals surface area contributed by atoms with E-state index in [1.807, 2.05) is 40.6 Å². The summed E-state index contributed by atoms with van der Waals surface area (Å²) < 4.78 is 0. The first-order chi connectivity index (χ1) is 18.4. The number of likely N-dealkylation sites (tertiary alicyclic amines) is 1. The zero-order valence-corrected chi connectivity index (χ0v) is 23.5. The van der Waals surface area contributed by atoms with Crippen LogP contribution in [0.1, 0.15) is 70.6 Å². The zero-order valence-electron chi connectivity index (χ0n) is 22.7. The number of aryl methyl sites for hydroxylation is 1. The first-order valence-corrected chi connectivity index (χ1v) is 14.8. The van der Waals surface area contributed by atoms with E-state index in [2.05, 4.69) is 61.3 Å². The number of benzene rings is 2. The fourth-order valence-electron chi connectivity index (χ4n) is 6.02. The van der Waals surface area contributed by atoms with E-state index in [1.165, 1.54) is 11.1 Å². The molecular weight excluding hydrogens is 490 g/mol. The van der Waals surface area contributed by atoms with Crippen molar-refractivity contribution in [1.82, 2.24) is 15.1 Å². The molecule has 2 aliphatic rings. The Morgan fingerprint density at radius 1 is 1.05 bits per heavy atom. The van der Waals surface area contributed by atoms with E-state index in [4.69, 9.17) is 0 Å². The largest absolute Gasteiger partial charge is 0.355 e. The SMILES string of the molecule is Cc1cccc(CN2CCC(CNC(=O)[C@H]3c4ccccc4C(=O)N(CC(C)C)[C@@H]3c3cccs3)CC2)c1. The second-order valence-electron chi connectivity index (χ2n) is 11.3. The summed E-state index contributed by atoms with van der Waals surface area (Å²) in [5.41, 5.74) is 4.18. The molecule has 6 heteroatoms. The highest BCUT2D eigenvalue weighted by Crippen LogP contribution is 2.44. The van der Waals surface area contributed by atoms with E-state index >= 15 is 0 Å². The maximum atomic E-state index is 13.9. The van der Waals surface area contributed by atoms with Crippen molar-refractivity contribution in [3.63, 3.8) is 0 Å². The number of nitrogens with one attached hydrogen (secondary N) is 1. The second kappa shape index (κ2) is 11.8. The number of carbonyl (C=O) groups excluding carboxylic acids is 2. The molecule has 0 spiro atoms. The number of nitrogens with zero attached hydrogens (tertiary/aromatic N) is 2. The standard InChI is InChI=1S/C32H39N3O2S/c1-22(2)20-35-30(28-12-7-17-38-28)29(26-10-4-5-11-27(26)32(35)37)31(36)33-19-24-13-15-34(16-14-24)21-25-9-6-8-23(3)18-25/h4-12,17-18,22,24,29-30H,13-16,19-21H2,1-3H3,(H,33,36)/t29-,30+/m0/s1. The number of rotatable bonds is 8. The van der Waals surface area contributed by atoms with E-state index in [9.17, 15) is 9.59 Å². The lowest BCUT2D eigenvalue weighted by molar-refractivity contribution is -0.124. The van der Waals surface area contributed by atoms with E-state index < -0.39 is 5.92 Å². The Kier molecular flexibility index (Phi) is 8.29. The minimum absolute atomic E-state index is 0.0257. The van der Waals surface area contributed by atoms with Crippen LogP contribution in [0.4, 0.5) is 0 Å². The number of hydrogen-bond acceptors (Lipinski definition) is 4. The number of piperidine rings is 1. The normalized spacial score (nSPS) is 20.5. The highest BCUT2D eigenvalue weighted by Gasteiger charge is 2.44. The summed E-state index contributed by atoms with van der Waals surface area (Å²) in [6, 6.07) is 20.2. The van der Waals surface area contributed by atoms with Crippen LogP contribution in [0.3, 0.4) is 0 Å². The van der Waals surface area contributed by atoms with E-state index in [0.29, 0.717) is 30.5 Å². The molecule has 5 nitrogen and oxygen atoms in total. The predicted octanol–water partition coefficient (Wildman–Crippen LogP) is 6.02. The molecule has 2 amide bonds. The van der Waals surface area contributed by atoms with Gasteiger partial charge >= 0.3 is 0 Å². The van der Waals surface area contributed by atoms with Gasteiger partial charge in [0.25, 0.3) is 5.91 Å². The summed E-state index contributed by atoms with van der Waals surface area (Å²) in [5, 5.41) is 5.36. The van der Waals surface area contributed by atoms with Crippen LogP contribution >= 0.6 is 11.3 Å². The fraction of sp³-hybridized carbons (Fsp3) is 0.438. The molecule has 38 heavy (non-hydrogen) atoms. The molecule has 0 radical (unpaired) electrons. The molecule has 0 bridgehead atoms. The van der Waals surface area contributed by atoms with Crippen molar-refractivity contribution in [3.8, 4) is 0 Å². The zero-order chi connectivity index (χ0) is 26.6. The fourth-order valence-corrected chi connectivity index (χ4v) is 6.89. The smallest absolute Gasteiger partial charge is 0.254 e. The number of amides is 2. The highest BCUT2D eigenvalue weighted by atomic mass is 32.1. The van der Waals surface area contributed by atoms with Crippen LogP contribution in [0, 0.1) is 18.8 Å². The maximum absolute atomic E-state index is 13.9. The lowest BCUT2D eigenvalue weighted by atomic mass is 9.81. The molecule has 1 N–H and O–H groups in total. The van der Waals surface area contributed by atoms with Crippen LogP contribution in [-0.4, -0.2) is 47.8 Å². The summed E-state index contributed by atoms with van der Waals surface area (Å²) in [6.07, 6.45) is 2.17. The minimum Gasteiger partial charge on any atom is -0.355 e. The van der Waals surface area contributed by atoms with Gasteiger partial charge in [-0.2, -0.15) is 0 Å². The van der Waals surface area contributed by atoms with E-state index in [1.54, 1.807) is 11.3 Å². The third-order valence-corrected chi connectivity index (χ3v) is 8.82. The Labute approximate surface area is 230 Å². The third-order valence-electron chi connectivity index (χ3n) is 7.88. The molecular formula is C32H39N3O2S. The molecule has 2 atom stereocenters. The van der Waals surface area contributed by atoms with Gasteiger partial charge in [0.1, 0.15) is 0 Å². The molecule has 3 aromatic rings. The van der Waals surface area contributed by atoms with Gasteiger partial charge in [-0.3, -0.25) is 14.5 Å². The van der Waals surface area contributed by atoms with Crippen molar-refractivity contribution in [2.24, 2.45) is 11.8 Å².